The molecule has 1 unspecified atom stereocenters. The number of halogens is 1. The molecule has 2 fully saturated rings. The standard InChI is InChI=1S/C14H22FN3O/c1-14(2)5-3-4-12(14)17-8-13(19)18-9-10(15)6-11(18)7-16/h10-12,17H,3-6,8-9H2,1-2H3/t10-,11+,12?/m1/s1. The highest BCUT2D eigenvalue weighted by Gasteiger charge is 2.37. The Bertz CT molecular complexity index is 391. The van der Waals surface area contributed by atoms with Gasteiger partial charge in [0.05, 0.1) is 19.2 Å². The predicted molar refractivity (Wildman–Crippen MR) is 70.0 cm³/mol. The van der Waals surface area contributed by atoms with Gasteiger partial charge in [0.25, 0.3) is 0 Å². The lowest BCUT2D eigenvalue weighted by Gasteiger charge is -2.29. The van der Waals surface area contributed by atoms with Crippen LogP contribution in [-0.4, -0.2) is 42.2 Å². The van der Waals surface area contributed by atoms with Gasteiger partial charge in [-0.25, -0.2) is 4.39 Å². The van der Waals surface area contributed by atoms with E-state index >= 15 is 0 Å². The van der Waals surface area contributed by atoms with Gasteiger partial charge in [-0.05, 0) is 18.3 Å². The number of nitriles is 1. The van der Waals surface area contributed by atoms with Gasteiger partial charge in [0.1, 0.15) is 12.2 Å². The number of carbonyl (C=O) groups is 1. The first kappa shape index (κ1) is 14.3. The Morgan fingerprint density at radius 2 is 2.32 bits per heavy atom. The van der Waals surface area contributed by atoms with Crippen LogP contribution in [0.1, 0.15) is 39.5 Å². The summed E-state index contributed by atoms with van der Waals surface area (Å²) in [6, 6.07) is 1.74. The van der Waals surface area contributed by atoms with Crippen LogP contribution < -0.4 is 5.32 Å². The summed E-state index contributed by atoms with van der Waals surface area (Å²) in [6.07, 6.45) is 2.51. The van der Waals surface area contributed by atoms with Crippen molar-refractivity contribution in [1.82, 2.24) is 10.2 Å². The molecule has 1 saturated heterocycles. The van der Waals surface area contributed by atoms with Crippen LogP contribution >= 0.6 is 0 Å². The summed E-state index contributed by atoms with van der Waals surface area (Å²) in [6.45, 7) is 4.67. The fourth-order valence-corrected chi connectivity index (χ4v) is 3.20. The number of alkyl halides is 1. The van der Waals surface area contributed by atoms with Crippen molar-refractivity contribution < 1.29 is 9.18 Å². The molecule has 2 aliphatic rings. The van der Waals surface area contributed by atoms with Crippen LogP contribution in [0.4, 0.5) is 4.39 Å². The van der Waals surface area contributed by atoms with Crippen LogP contribution in [0.15, 0.2) is 0 Å². The maximum Gasteiger partial charge on any atom is 0.237 e. The van der Waals surface area contributed by atoms with Gasteiger partial charge in [-0.2, -0.15) is 5.26 Å². The molecule has 0 bridgehead atoms. The molecule has 1 N–H and O–H groups in total. The largest absolute Gasteiger partial charge is 0.323 e. The van der Waals surface area contributed by atoms with Crippen LogP contribution in [0.3, 0.4) is 0 Å². The number of nitrogens with one attached hydrogen (secondary N) is 1. The summed E-state index contributed by atoms with van der Waals surface area (Å²) in [7, 11) is 0. The Hall–Kier alpha value is -1.15. The second kappa shape index (κ2) is 5.46. The summed E-state index contributed by atoms with van der Waals surface area (Å²) < 4.78 is 13.3. The second-order valence-corrected chi connectivity index (χ2v) is 6.34. The van der Waals surface area contributed by atoms with E-state index in [1.54, 1.807) is 0 Å². The van der Waals surface area contributed by atoms with Gasteiger partial charge in [0.15, 0.2) is 0 Å². The van der Waals surface area contributed by atoms with E-state index < -0.39 is 12.2 Å². The van der Waals surface area contributed by atoms with Gasteiger partial charge in [-0.3, -0.25) is 4.79 Å². The van der Waals surface area contributed by atoms with Crippen molar-refractivity contribution in [2.24, 2.45) is 5.41 Å². The van der Waals surface area contributed by atoms with E-state index in [9.17, 15) is 9.18 Å². The zero-order valence-corrected chi connectivity index (χ0v) is 11.7. The fourth-order valence-electron chi connectivity index (χ4n) is 3.20. The Balaban J connectivity index is 1.86. The van der Waals surface area contributed by atoms with Gasteiger partial charge in [0, 0.05) is 12.5 Å². The van der Waals surface area contributed by atoms with Gasteiger partial charge in [-0.1, -0.05) is 20.3 Å². The lowest BCUT2D eigenvalue weighted by molar-refractivity contribution is -0.130. The minimum atomic E-state index is -1.06. The molecular formula is C14H22FN3O. The number of rotatable bonds is 3. The lowest BCUT2D eigenvalue weighted by atomic mass is 9.87. The molecule has 5 heteroatoms. The normalized spacial score (nSPS) is 33.4. The van der Waals surface area contributed by atoms with E-state index in [0.29, 0.717) is 6.04 Å². The zero-order chi connectivity index (χ0) is 14.0. The molecule has 0 radical (unpaired) electrons. The molecule has 1 amide bonds. The molecule has 0 aromatic carbocycles. The SMILES string of the molecule is CC1(C)CCCC1NCC(=O)N1C[C@H](F)C[C@H]1C#N. The van der Waals surface area contributed by atoms with Crippen LogP contribution in [0, 0.1) is 16.7 Å². The molecule has 1 aliphatic heterocycles. The molecule has 3 atom stereocenters. The summed E-state index contributed by atoms with van der Waals surface area (Å²) in [5.41, 5.74) is 0.211. The highest BCUT2D eigenvalue weighted by atomic mass is 19.1. The van der Waals surface area contributed by atoms with E-state index in [4.69, 9.17) is 5.26 Å². The number of hydrogen-bond acceptors (Lipinski definition) is 3. The van der Waals surface area contributed by atoms with E-state index in [2.05, 4.69) is 19.2 Å². The predicted octanol–water partition coefficient (Wildman–Crippen LogP) is 1.62. The van der Waals surface area contributed by atoms with Crippen molar-refractivity contribution in [3.05, 3.63) is 0 Å². The van der Waals surface area contributed by atoms with Crippen LogP contribution in [-0.2, 0) is 4.79 Å². The molecule has 1 aliphatic carbocycles. The zero-order valence-electron chi connectivity index (χ0n) is 11.7. The molecule has 106 valence electrons. The smallest absolute Gasteiger partial charge is 0.237 e. The van der Waals surface area contributed by atoms with Gasteiger partial charge in [-0.15, -0.1) is 0 Å². The van der Waals surface area contributed by atoms with E-state index in [1.807, 2.05) is 6.07 Å². The molecule has 0 aromatic rings. The number of carbonyl (C=O) groups excluding carboxylic acids is 1. The molecule has 4 nitrogen and oxygen atoms in total. The van der Waals surface area contributed by atoms with Gasteiger partial charge < -0.3 is 10.2 Å². The maximum absolute atomic E-state index is 13.3. The summed E-state index contributed by atoms with van der Waals surface area (Å²) in [4.78, 5) is 13.4. The Morgan fingerprint density at radius 1 is 1.58 bits per heavy atom. The fraction of sp³-hybridized carbons (Fsp3) is 0.857. The molecule has 2 rings (SSSR count). The summed E-state index contributed by atoms with van der Waals surface area (Å²) >= 11 is 0. The molecule has 1 saturated carbocycles. The second-order valence-electron chi connectivity index (χ2n) is 6.34. The average molecular weight is 267 g/mol. The number of likely N-dealkylation sites (tertiary alicyclic amines) is 1. The molecule has 19 heavy (non-hydrogen) atoms. The molecule has 0 spiro atoms. The first-order chi connectivity index (χ1) is 8.94. The van der Waals surface area contributed by atoms with Crippen molar-refractivity contribution in [2.75, 3.05) is 13.1 Å². The van der Waals surface area contributed by atoms with Crippen LogP contribution in [0.25, 0.3) is 0 Å². The topological polar surface area (TPSA) is 56.1 Å². The van der Waals surface area contributed by atoms with Crippen molar-refractivity contribution in [3.63, 3.8) is 0 Å². The minimum Gasteiger partial charge on any atom is -0.323 e. The third-order valence-corrected chi connectivity index (χ3v) is 4.48. The van der Waals surface area contributed by atoms with E-state index in [-0.39, 0.29) is 30.8 Å². The molecular weight excluding hydrogens is 245 g/mol. The van der Waals surface area contributed by atoms with Gasteiger partial charge in [0.2, 0.25) is 5.91 Å². The average Bonchev–Trinajstić information content (AvgIpc) is 2.88. The monoisotopic (exact) mass is 267 g/mol. The Kier molecular flexibility index (Phi) is 4.10. The highest BCUT2D eigenvalue weighted by Crippen LogP contribution is 2.37. The third kappa shape index (κ3) is 3.06. The summed E-state index contributed by atoms with van der Waals surface area (Å²) in [5.74, 6) is -0.158. The number of hydrogen-bond donors (Lipinski definition) is 1. The van der Waals surface area contributed by atoms with Crippen LogP contribution in [0.5, 0.6) is 0 Å². The van der Waals surface area contributed by atoms with Crippen molar-refractivity contribution in [1.29, 1.82) is 5.26 Å². The maximum atomic E-state index is 13.3. The first-order valence-electron chi connectivity index (χ1n) is 7.00. The number of nitrogens with zero attached hydrogens (tertiary/aromatic N) is 2. The molecule has 1 heterocycles. The quantitative estimate of drug-likeness (QED) is 0.845. The Morgan fingerprint density at radius 3 is 2.89 bits per heavy atom. The Labute approximate surface area is 114 Å². The minimum absolute atomic E-state index is 0.0623. The third-order valence-electron chi connectivity index (χ3n) is 4.48. The van der Waals surface area contributed by atoms with E-state index in [1.165, 1.54) is 11.3 Å². The van der Waals surface area contributed by atoms with Crippen molar-refractivity contribution in [3.8, 4) is 6.07 Å². The van der Waals surface area contributed by atoms with Crippen molar-refractivity contribution >= 4 is 5.91 Å². The first-order valence-corrected chi connectivity index (χ1v) is 7.00. The summed E-state index contributed by atoms with van der Waals surface area (Å²) in [5, 5.41) is 12.2. The lowest BCUT2D eigenvalue weighted by Crippen LogP contribution is -2.46. The van der Waals surface area contributed by atoms with Crippen LogP contribution in [0.2, 0.25) is 0 Å². The van der Waals surface area contributed by atoms with E-state index in [0.717, 1.165) is 12.8 Å². The molecule has 0 aromatic heterocycles. The van der Waals surface area contributed by atoms with Crippen molar-refractivity contribution in [2.45, 2.75) is 57.8 Å². The highest BCUT2D eigenvalue weighted by molar-refractivity contribution is 5.79. The van der Waals surface area contributed by atoms with Gasteiger partial charge >= 0.3 is 0 Å². The number of amides is 1.